The number of hydrogen-bond donors (Lipinski definition) is 0. The van der Waals surface area contributed by atoms with Crippen molar-refractivity contribution < 1.29 is 4.74 Å². The fourth-order valence-electron chi connectivity index (χ4n) is 0.851. The third kappa shape index (κ3) is 2.11. The van der Waals surface area contributed by atoms with Crippen LogP contribution in [0.1, 0.15) is 5.56 Å². The van der Waals surface area contributed by atoms with E-state index in [2.05, 4.69) is 6.58 Å². The maximum absolute atomic E-state index is 5.01. The van der Waals surface area contributed by atoms with Gasteiger partial charge in [0, 0.05) is 6.42 Å². The Balaban J connectivity index is 2.74. The van der Waals surface area contributed by atoms with Gasteiger partial charge in [-0.1, -0.05) is 18.2 Å². The molecule has 0 aliphatic heterocycles. The second kappa shape index (κ2) is 3.81. The lowest BCUT2D eigenvalue weighted by atomic mass is 10.1. The second-order valence-electron chi connectivity index (χ2n) is 2.18. The van der Waals surface area contributed by atoms with Crippen LogP contribution in [-0.2, 0) is 0 Å². The molecule has 0 unspecified atom stereocenters. The first kappa shape index (κ1) is 7.86. The normalized spacial score (nSPS) is 9.18. The van der Waals surface area contributed by atoms with E-state index in [0.717, 1.165) is 11.3 Å². The van der Waals surface area contributed by atoms with Gasteiger partial charge in [-0.2, -0.15) is 0 Å². The summed E-state index contributed by atoms with van der Waals surface area (Å²) in [6.07, 6.45) is 3.71. The van der Waals surface area contributed by atoms with E-state index in [1.165, 1.54) is 0 Å². The summed E-state index contributed by atoms with van der Waals surface area (Å²) in [7, 11) is 1.66. The van der Waals surface area contributed by atoms with Crippen LogP contribution in [0.15, 0.2) is 36.9 Å². The lowest BCUT2D eigenvalue weighted by Crippen LogP contribution is -1.82. The molecule has 0 atom stereocenters. The monoisotopic (exact) mass is 147 g/mol. The highest BCUT2D eigenvalue weighted by atomic mass is 16.5. The molecule has 1 radical (unpaired) electrons. The second-order valence-corrected chi connectivity index (χ2v) is 2.18. The van der Waals surface area contributed by atoms with Crippen LogP contribution < -0.4 is 4.74 Å². The molecule has 0 aliphatic carbocycles. The molecule has 0 spiro atoms. The van der Waals surface area contributed by atoms with Gasteiger partial charge in [-0.15, -0.1) is 6.58 Å². The molecule has 0 aliphatic rings. The van der Waals surface area contributed by atoms with Crippen molar-refractivity contribution in [2.45, 2.75) is 0 Å². The van der Waals surface area contributed by atoms with Crippen LogP contribution >= 0.6 is 0 Å². The zero-order valence-corrected chi connectivity index (χ0v) is 6.58. The number of ether oxygens (including phenoxy) is 1. The molecule has 1 rings (SSSR count). The Morgan fingerprint density at radius 1 is 1.27 bits per heavy atom. The molecule has 0 saturated carbocycles. The average molecular weight is 147 g/mol. The fraction of sp³-hybridized carbons (Fsp3) is 0.100. The van der Waals surface area contributed by atoms with Crippen LogP contribution in [0.4, 0.5) is 0 Å². The topological polar surface area (TPSA) is 9.23 Å². The summed E-state index contributed by atoms with van der Waals surface area (Å²) in [4.78, 5) is 0. The van der Waals surface area contributed by atoms with Crippen LogP contribution in [0.2, 0.25) is 0 Å². The quantitative estimate of drug-likeness (QED) is 0.638. The van der Waals surface area contributed by atoms with Crippen LogP contribution in [0, 0.1) is 6.42 Å². The largest absolute Gasteiger partial charge is 0.497 e. The zero-order chi connectivity index (χ0) is 8.10. The van der Waals surface area contributed by atoms with Crippen LogP contribution in [0.3, 0.4) is 0 Å². The average Bonchev–Trinajstić information content (AvgIpc) is 2.07. The maximum Gasteiger partial charge on any atom is 0.118 e. The summed E-state index contributed by atoms with van der Waals surface area (Å²) in [5.74, 6) is 0.881. The summed E-state index contributed by atoms with van der Waals surface area (Å²) in [5.41, 5.74) is 1.14. The minimum Gasteiger partial charge on any atom is -0.497 e. The Labute approximate surface area is 67.3 Å². The minimum atomic E-state index is 0.881. The molecule has 1 nitrogen and oxygen atoms in total. The zero-order valence-electron chi connectivity index (χ0n) is 6.58. The molecule has 1 aromatic carbocycles. The highest BCUT2D eigenvalue weighted by Crippen LogP contribution is 2.12. The number of methoxy groups -OCH3 is 1. The van der Waals surface area contributed by atoms with E-state index in [1.54, 1.807) is 13.2 Å². The van der Waals surface area contributed by atoms with E-state index in [-0.39, 0.29) is 0 Å². The van der Waals surface area contributed by atoms with Crippen molar-refractivity contribution in [3.63, 3.8) is 0 Å². The van der Waals surface area contributed by atoms with Gasteiger partial charge in [-0.05, 0) is 17.7 Å². The van der Waals surface area contributed by atoms with Crippen LogP contribution in [0.5, 0.6) is 5.75 Å². The molecule has 0 fully saturated rings. The molecule has 57 valence electrons. The molecular formula is C10H11O. The van der Waals surface area contributed by atoms with Crippen molar-refractivity contribution in [3.8, 4) is 5.75 Å². The summed E-state index contributed by atoms with van der Waals surface area (Å²) in [6.45, 7) is 3.61. The molecule has 0 saturated heterocycles. The predicted octanol–water partition coefficient (Wildman–Crippen LogP) is 2.43. The first-order valence-corrected chi connectivity index (χ1v) is 3.46. The Morgan fingerprint density at radius 3 is 2.36 bits per heavy atom. The van der Waals surface area contributed by atoms with Crippen molar-refractivity contribution >= 4 is 0 Å². The smallest absolute Gasteiger partial charge is 0.118 e. The maximum atomic E-state index is 5.01. The SMILES string of the molecule is C=C[CH]c1ccc(OC)cc1. The Kier molecular flexibility index (Phi) is 2.73. The van der Waals surface area contributed by atoms with Crippen LogP contribution in [-0.4, -0.2) is 7.11 Å². The summed E-state index contributed by atoms with van der Waals surface area (Å²) in [5, 5.41) is 0. The highest BCUT2D eigenvalue weighted by Gasteiger charge is 1.90. The predicted molar refractivity (Wildman–Crippen MR) is 46.6 cm³/mol. The molecular weight excluding hydrogens is 136 g/mol. The van der Waals surface area contributed by atoms with Gasteiger partial charge in [0.15, 0.2) is 0 Å². The van der Waals surface area contributed by atoms with Gasteiger partial charge in [0.25, 0.3) is 0 Å². The van der Waals surface area contributed by atoms with E-state index < -0.39 is 0 Å². The lowest BCUT2D eigenvalue weighted by molar-refractivity contribution is 0.414. The van der Waals surface area contributed by atoms with E-state index >= 15 is 0 Å². The van der Waals surface area contributed by atoms with Gasteiger partial charge in [0.1, 0.15) is 5.75 Å². The van der Waals surface area contributed by atoms with Gasteiger partial charge >= 0.3 is 0 Å². The van der Waals surface area contributed by atoms with E-state index in [1.807, 2.05) is 30.7 Å². The van der Waals surface area contributed by atoms with Gasteiger partial charge in [-0.3, -0.25) is 0 Å². The van der Waals surface area contributed by atoms with E-state index in [0.29, 0.717) is 0 Å². The molecule has 11 heavy (non-hydrogen) atoms. The van der Waals surface area contributed by atoms with Crippen LogP contribution in [0.25, 0.3) is 0 Å². The molecule has 0 amide bonds. The van der Waals surface area contributed by atoms with E-state index in [4.69, 9.17) is 4.74 Å². The standard InChI is InChI=1S/C10H11O/c1-3-4-9-5-7-10(11-2)8-6-9/h3-8H,1H2,2H3. The summed E-state index contributed by atoms with van der Waals surface area (Å²) < 4.78 is 5.01. The summed E-state index contributed by atoms with van der Waals surface area (Å²) >= 11 is 0. The van der Waals surface area contributed by atoms with Gasteiger partial charge in [0.2, 0.25) is 0 Å². The minimum absolute atomic E-state index is 0.881. The van der Waals surface area contributed by atoms with Gasteiger partial charge in [0.05, 0.1) is 7.11 Å². The number of allylic oxidation sites excluding steroid dienone is 1. The molecule has 0 aromatic heterocycles. The van der Waals surface area contributed by atoms with Crippen molar-refractivity contribution in [2.24, 2.45) is 0 Å². The first-order chi connectivity index (χ1) is 5.36. The highest BCUT2D eigenvalue weighted by molar-refractivity contribution is 5.33. The van der Waals surface area contributed by atoms with Crippen molar-refractivity contribution in [1.29, 1.82) is 0 Å². The fourth-order valence-corrected chi connectivity index (χ4v) is 0.851. The molecule has 0 heterocycles. The molecule has 1 heteroatoms. The number of hydrogen-bond acceptors (Lipinski definition) is 1. The van der Waals surface area contributed by atoms with Crippen molar-refractivity contribution in [3.05, 3.63) is 48.9 Å². The summed E-state index contributed by atoms with van der Waals surface area (Å²) in [6, 6.07) is 7.83. The third-order valence-electron chi connectivity index (χ3n) is 1.43. The van der Waals surface area contributed by atoms with E-state index in [9.17, 15) is 0 Å². The Hall–Kier alpha value is -1.24. The van der Waals surface area contributed by atoms with Gasteiger partial charge < -0.3 is 4.74 Å². The van der Waals surface area contributed by atoms with Crippen molar-refractivity contribution in [2.75, 3.05) is 7.11 Å². The molecule has 0 N–H and O–H groups in total. The molecule has 1 aromatic rings. The Morgan fingerprint density at radius 2 is 1.91 bits per heavy atom. The lowest BCUT2D eigenvalue weighted by Gasteiger charge is -1.99. The third-order valence-corrected chi connectivity index (χ3v) is 1.43. The Bertz CT molecular complexity index is 223. The van der Waals surface area contributed by atoms with Crippen molar-refractivity contribution in [1.82, 2.24) is 0 Å². The molecule has 0 bridgehead atoms. The first-order valence-electron chi connectivity index (χ1n) is 3.46. The number of benzene rings is 1. The van der Waals surface area contributed by atoms with Gasteiger partial charge in [-0.25, -0.2) is 0 Å². The number of rotatable bonds is 3.